The van der Waals surface area contributed by atoms with E-state index in [4.69, 9.17) is 11.6 Å². The molecule has 1 heterocycles. The summed E-state index contributed by atoms with van der Waals surface area (Å²) in [4.78, 5) is 13.1. The van der Waals surface area contributed by atoms with Gasteiger partial charge >= 0.3 is 0 Å². The molecule has 0 aliphatic carbocycles. The van der Waals surface area contributed by atoms with Crippen molar-refractivity contribution in [3.05, 3.63) is 12.2 Å². The third-order valence-electron chi connectivity index (χ3n) is 2.01. The Labute approximate surface area is 78.2 Å². The van der Waals surface area contributed by atoms with Crippen molar-refractivity contribution in [1.29, 1.82) is 0 Å². The molecule has 0 radical (unpaired) electrons. The van der Waals surface area contributed by atoms with Crippen LogP contribution in [-0.4, -0.2) is 29.8 Å². The molecule has 2 nitrogen and oxygen atoms in total. The van der Waals surface area contributed by atoms with Crippen molar-refractivity contribution in [3.8, 4) is 0 Å². The Balaban J connectivity index is 2.43. The molecule has 12 heavy (non-hydrogen) atoms. The third-order valence-corrected chi connectivity index (χ3v) is 2.39. The molecule has 1 amide bonds. The molecule has 0 aromatic rings. The summed E-state index contributed by atoms with van der Waals surface area (Å²) >= 11 is 5.58. The van der Waals surface area contributed by atoms with E-state index in [1.165, 1.54) is 0 Å². The van der Waals surface area contributed by atoms with Crippen molar-refractivity contribution in [3.63, 3.8) is 0 Å². The summed E-state index contributed by atoms with van der Waals surface area (Å²) < 4.78 is 0. The zero-order valence-electron chi connectivity index (χ0n) is 7.35. The molecule has 1 aliphatic heterocycles. The van der Waals surface area contributed by atoms with Crippen LogP contribution in [0.2, 0.25) is 0 Å². The fourth-order valence-corrected chi connectivity index (χ4v) is 1.52. The van der Waals surface area contributed by atoms with Gasteiger partial charge in [0.25, 0.3) is 0 Å². The van der Waals surface area contributed by atoms with Crippen molar-refractivity contribution in [2.45, 2.75) is 13.3 Å². The van der Waals surface area contributed by atoms with Gasteiger partial charge in [0.1, 0.15) is 0 Å². The Morgan fingerprint density at radius 2 is 2.50 bits per heavy atom. The third kappa shape index (κ3) is 2.24. The average molecular weight is 188 g/mol. The predicted octanol–water partition coefficient (Wildman–Crippen LogP) is 1.65. The highest BCUT2D eigenvalue weighted by atomic mass is 35.5. The summed E-state index contributed by atoms with van der Waals surface area (Å²) in [6, 6.07) is 0. The van der Waals surface area contributed by atoms with Crippen LogP contribution in [-0.2, 0) is 4.79 Å². The van der Waals surface area contributed by atoms with Crippen LogP contribution < -0.4 is 0 Å². The van der Waals surface area contributed by atoms with Crippen molar-refractivity contribution >= 4 is 17.5 Å². The van der Waals surface area contributed by atoms with Gasteiger partial charge in [0, 0.05) is 25.4 Å². The zero-order valence-corrected chi connectivity index (χ0v) is 8.10. The molecule has 0 aromatic heterocycles. The minimum atomic E-state index is 0.230. The van der Waals surface area contributed by atoms with E-state index in [0.717, 1.165) is 12.1 Å². The average Bonchev–Trinajstić information content (AvgIpc) is 2.30. The smallest absolute Gasteiger partial charge is 0.223 e. The number of amides is 1. The summed E-state index contributed by atoms with van der Waals surface area (Å²) in [5, 5.41) is 0. The molecule has 0 spiro atoms. The van der Waals surface area contributed by atoms with Crippen LogP contribution >= 0.6 is 11.6 Å². The largest absolute Gasteiger partial charge is 0.338 e. The Bertz CT molecular complexity index is 203. The highest BCUT2D eigenvalue weighted by molar-refractivity contribution is 6.19. The summed E-state index contributed by atoms with van der Waals surface area (Å²) in [7, 11) is 0. The minimum absolute atomic E-state index is 0.230. The second-order valence-electron chi connectivity index (χ2n) is 3.47. The Kier molecular flexibility index (Phi) is 3.15. The lowest BCUT2D eigenvalue weighted by Gasteiger charge is -2.16. The van der Waals surface area contributed by atoms with E-state index in [9.17, 15) is 4.79 Å². The first-order valence-electron chi connectivity index (χ1n) is 4.14. The summed E-state index contributed by atoms with van der Waals surface area (Å²) in [6.07, 6.45) is 0.676. The molecule has 1 fully saturated rings. The lowest BCUT2D eigenvalue weighted by molar-refractivity contribution is -0.127. The molecule has 1 atom stereocenters. The normalized spacial score (nSPS) is 23.3. The minimum Gasteiger partial charge on any atom is -0.338 e. The van der Waals surface area contributed by atoms with Crippen LogP contribution in [0.15, 0.2) is 12.2 Å². The number of hydrogen-bond acceptors (Lipinski definition) is 1. The number of rotatable bonds is 3. The number of halogens is 1. The van der Waals surface area contributed by atoms with Crippen LogP contribution in [0.5, 0.6) is 0 Å². The quantitative estimate of drug-likeness (QED) is 0.486. The maximum Gasteiger partial charge on any atom is 0.223 e. The number of likely N-dealkylation sites (tertiary alicyclic amines) is 1. The van der Waals surface area contributed by atoms with E-state index >= 15 is 0 Å². The van der Waals surface area contributed by atoms with Gasteiger partial charge in [0.2, 0.25) is 5.91 Å². The number of hydrogen-bond donors (Lipinski definition) is 0. The monoisotopic (exact) mass is 187 g/mol. The SMILES string of the molecule is C=C(CCl)CN1CC(C)CC1=O. The first-order valence-corrected chi connectivity index (χ1v) is 4.67. The standard InChI is InChI=1S/C9H14ClNO/c1-7-3-9(12)11(5-7)6-8(2)4-10/h7H,2-6H2,1H3. The van der Waals surface area contributed by atoms with E-state index in [1.54, 1.807) is 0 Å². The van der Waals surface area contributed by atoms with E-state index < -0.39 is 0 Å². The van der Waals surface area contributed by atoms with Crippen LogP contribution in [0, 0.1) is 5.92 Å². The molecule has 0 N–H and O–H groups in total. The van der Waals surface area contributed by atoms with Crippen LogP contribution in [0.3, 0.4) is 0 Å². The highest BCUT2D eigenvalue weighted by Gasteiger charge is 2.25. The van der Waals surface area contributed by atoms with Gasteiger partial charge < -0.3 is 4.90 Å². The van der Waals surface area contributed by atoms with E-state index in [0.29, 0.717) is 24.8 Å². The number of nitrogens with zero attached hydrogens (tertiary/aromatic N) is 1. The van der Waals surface area contributed by atoms with Crippen LogP contribution in [0.1, 0.15) is 13.3 Å². The van der Waals surface area contributed by atoms with E-state index in [2.05, 4.69) is 13.5 Å². The Morgan fingerprint density at radius 3 is 2.92 bits per heavy atom. The topological polar surface area (TPSA) is 20.3 Å². The molecule has 0 saturated carbocycles. The zero-order chi connectivity index (χ0) is 9.14. The molecule has 68 valence electrons. The van der Waals surface area contributed by atoms with Gasteiger partial charge in [-0.3, -0.25) is 4.79 Å². The fourth-order valence-electron chi connectivity index (χ4n) is 1.43. The Hall–Kier alpha value is -0.500. The second kappa shape index (κ2) is 3.94. The van der Waals surface area contributed by atoms with Crippen LogP contribution in [0.4, 0.5) is 0 Å². The lowest BCUT2D eigenvalue weighted by Crippen LogP contribution is -2.27. The molecule has 1 rings (SSSR count). The maximum absolute atomic E-state index is 11.3. The van der Waals surface area contributed by atoms with E-state index in [-0.39, 0.29) is 5.91 Å². The van der Waals surface area contributed by atoms with Gasteiger partial charge in [-0.15, -0.1) is 11.6 Å². The Morgan fingerprint density at radius 1 is 1.83 bits per heavy atom. The number of carbonyl (C=O) groups is 1. The molecule has 0 bridgehead atoms. The molecule has 1 saturated heterocycles. The molecular weight excluding hydrogens is 174 g/mol. The first kappa shape index (κ1) is 9.59. The molecule has 1 unspecified atom stereocenters. The van der Waals surface area contributed by atoms with E-state index in [1.807, 2.05) is 4.90 Å². The van der Waals surface area contributed by atoms with Crippen molar-refractivity contribution in [2.24, 2.45) is 5.92 Å². The lowest BCUT2D eigenvalue weighted by atomic mass is 10.2. The molecule has 0 aromatic carbocycles. The highest BCUT2D eigenvalue weighted by Crippen LogP contribution is 2.17. The van der Waals surface area contributed by atoms with Crippen molar-refractivity contribution in [2.75, 3.05) is 19.0 Å². The first-order chi connectivity index (χ1) is 5.63. The van der Waals surface area contributed by atoms with Crippen molar-refractivity contribution < 1.29 is 4.79 Å². The molecular formula is C9H14ClNO. The number of alkyl halides is 1. The molecule has 1 aliphatic rings. The fraction of sp³-hybridized carbons (Fsp3) is 0.667. The predicted molar refractivity (Wildman–Crippen MR) is 50.2 cm³/mol. The summed E-state index contributed by atoms with van der Waals surface area (Å²) in [5.74, 6) is 1.16. The van der Waals surface area contributed by atoms with Gasteiger partial charge in [0.05, 0.1) is 0 Å². The number of carbonyl (C=O) groups excluding carboxylic acids is 1. The van der Waals surface area contributed by atoms with Gasteiger partial charge in [-0.1, -0.05) is 13.5 Å². The van der Waals surface area contributed by atoms with Gasteiger partial charge in [-0.25, -0.2) is 0 Å². The van der Waals surface area contributed by atoms with Gasteiger partial charge in [-0.05, 0) is 11.5 Å². The second-order valence-corrected chi connectivity index (χ2v) is 3.73. The molecule has 3 heteroatoms. The maximum atomic E-state index is 11.3. The summed E-state index contributed by atoms with van der Waals surface area (Å²) in [5.41, 5.74) is 0.916. The van der Waals surface area contributed by atoms with Gasteiger partial charge in [-0.2, -0.15) is 0 Å². The summed E-state index contributed by atoms with van der Waals surface area (Å²) in [6.45, 7) is 7.34. The van der Waals surface area contributed by atoms with Crippen LogP contribution in [0.25, 0.3) is 0 Å². The van der Waals surface area contributed by atoms with Gasteiger partial charge in [0.15, 0.2) is 0 Å². The van der Waals surface area contributed by atoms with Crippen molar-refractivity contribution in [1.82, 2.24) is 4.90 Å².